The number of hydrogen-bond acceptors (Lipinski definition) is 7. The summed E-state index contributed by atoms with van der Waals surface area (Å²) in [5.74, 6) is -0.988. The van der Waals surface area contributed by atoms with Gasteiger partial charge in [-0.15, -0.1) is 0 Å². The minimum absolute atomic E-state index is 0.202. The number of methoxy groups -OCH3 is 1. The first-order valence-corrected chi connectivity index (χ1v) is 12.1. The van der Waals surface area contributed by atoms with Gasteiger partial charge in [-0.25, -0.2) is 9.59 Å². The average Bonchev–Trinajstić information content (AvgIpc) is 2.74. The normalized spacial score (nSPS) is 13.8. The van der Waals surface area contributed by atoms with Crippen LogP contribution >= 0.6 is 11.8 Å². The zero-order chi connectivity index (χ0) is 25.0. The fraction of sp³-hybridized carbons (Fsp3) is 0.565. The molecule has 0 spiro atoms. The molecule has 0 saturated carbocycles. The van der Waals surface area contributed by atoms with Crippen molar-refractivity contribution in [1.82, 2.24) is 16.0 Å². The standard InChI is InChI=1S/C23H35N3O6S/c1-15(24-22(30)32-23(2,3)4)19(27)26-18(14-16-10-8-7-9-11-16)20(28)25-17(12-13-33-6)21(29)31-5/h7-11,15,17-18H,12-14H2,1-6H3,(H,24,30)(H,25,28)(H,26,27)/t15-,17+,18+/m1/s1. The monoisotopic (exact) mass is 481 g/mol. The number of amides is 3. The maximum absolute atomic E-state index is 13.1. The molecule has 0 aliphatic heterocycles. The minimum Gasteiger partial charge on any atom is -0.467 e. The van der Waals surface area contributed by atoms with Crippen LogP contribution in [0, 0.1) is 0 Å². The molecule has 0 saturated heterocycles. The van der Waals surface area contributed by atoms with E-state index in [-0.39, 0.29) is 6.42 Å². The van der Waals surface area contributed by atoms with Gasteiger partial charge in [0.25, 0.3) is 0 Å². The van der Waals surface area contributed by atoms with E-state index in [0.29, 0.717) is 12.2 Å². The molecule has 0 radical (unpaired) electrons. The predicted molar refractivity (Wildman–Crippen MR) is 128 cm³/mol. The Morgan fingerprint density at radius 1 is 0.970 bits per heavy atom. The van der Waals surface area contributed by atoms with Crippen molar-refractivity contribution in [2.24, 2.45) is 0 Å². The number of thioether (sulfide) groups is 1. The Balaban J connectivity index is 2.94. The number of benzene rings is 1. The Morgan fingerprint density at radius 3 is 2.12 bits per heavy atom. The van der Waals surface area contributed by atoms with Crippen LogP contribution in [0.5, 0.6) is 0 Å². The molecule has 184 valence electrons. The van der Waals surface area contributed by atoms with Crippen LogP contribution in [-0.4, -0.2) is 66.7 Å². The second-order valence-electron chi connectivity index (χ2n) is 8.48. The van der Waals surface area contributed by atoms with Crippen molar-refractivity contribution in [1.29, 1.82) is 0 Å². The summed E-state index contributed by atoms with van der Waals surface area (Å²) >= 11 is 1.54. The number of carbonyl (C=O) groups excluding carboxylic acids is 4. The Morgan fingerprint density at radius 2 is 1.58 bits per heavy atom. The van der Waals surface area contributed by atoms with E-state index < -0.39 is 47.6 Å². The smallest absolute Gasteiger partial charge is 0.408 e. The molecule has 0 aliphatic rings. The molecule has 0 bridgehead atoms. The zero-order valence-electron chi connectivity index (χ0n) is 20.1. The summed E-state index contributed by atoms with van der Waals surface area (Å²) < 4.78 is 9.97. The van der Waals surface area contributed by atoms with Crippen LogP contribution in [0.15, 0.2) is 30.3 Å². The Bertz CT molecular complexity index is 797. The lowest BCUT2D eigenvalue weighted by Gasteiger charge is -2.25. The highest BCUT2D eigenvalue weighted by molar-refractivity contribution is 7.98. The summed E-state index contributed by atoms with van der Waals surface area (Å²) in [6.45, 7) is 6.64. The van der Waals surface area contributed by atoms with Gasteiger partial charge >= 0.3 is 12.1 Å². The first-order valence-electron chi connectivity index (χ1n) is 10.7. The molecule has 0 aliphatic carbocycles. The highest BCUT2D eigenvalue weighted by Crippen LogP contribution is 2.08. The van der Waals surface area contributed by atoms with Crippen molar-refractivity contribution >= 4 is 35.6 Å². The van der Waals surface area contributed by atoms with E-state index in [1.807, 2.05) is 36.6 Å². The van der Waals surface area contributed by atoms with Crippen molar-refractivity contribution in [3.8, 4) is 0 Å². The van der Waals surface area contributed by atoms with Crippen LogP contribution in [-0.2, 0) is 30.3 Å². The van der Waals surface area contributed by atoms with E-state index in [1.165, 1.54) is 25.8 Å². The first kappa shape index (κ1) is 28.3. The van der Waals surface area contributed by atoms with Gasteiger partial charge in [-0.1, -0.05) is 30.3 Å². The number of alkyl carbamates (subject to hydrolysis) is 1. The van der Waals surface area contributed by atoms with E-state index in [1.54, 1.807) is 20.8 Å². The van der Waals surface area contributed by atoms with Crippen LogP contribution in [0.4, 0.5) is 4.79 Å². The predicted octanol–water partition coefficient (Wildman–Crippen LogP) is 2.04. The van der Waals surface area contributed by atoms with Gasteiger partial charge in [0.1, 0.15) is 23.7 Å². The second kappa shape index (κ2) is 13.7. The lowest BCUT2D eigenvalue weighted by molar-refractivity contribution is -0.145. The number of carbonyl (C=O) groups is 4. The molecule has 9 nitrogen and oxygen atoms in total. The zero-order valence-corrected chi connectivity index (χ0v) is 20.9. The van der Waals surface area contributed by atoms with Gasteiger partial charge in [0.2, 0.25) is 11.8 Å². The van der Waals surface area contributed by atoms with Crippen molar-refractivity contribution < 1.29 is 28.7 Å². The third-order valence-corrected chi connectivity index (χ3v) is 5.10. The van der Waals surface area contributed by atoms with Crippen LogP contribution < -0.4 is 16.0 Å². The highest BCUT2D eigenvalue weighted by Gasteiger charge is 2.29. The summed E-state index contributed by atoms with van der Waals surface area (Å²) in [4.78, 5) is 49.9. The summed E-state index contributed by atoms with van der Waals surface area (Å²) in [6.07, 6.45) is 1.75. The molecule has 1 aromatic rings. The fourth-order valence-electron chi connectivity index (χ4n) is 2.80. The van der Waals surface area contributed by atoms with Gasteiger partial charge in [-0.3, -0.25) is 9.59 Å². The van der Waals surface area contributed by atoms with Gasteiger partial charge in [0, 0.05) is 6.42 Å². The molecule has 0 heterocycles. The number of hydrogen-bond donors (Lipinski definition) is 3. The van der Waals surface area contributed by atoms with E-state index in [0.717, 1.165) is 5.56 Å². The third kappa shape index (κ3) is 11.1. The SMILES string of the molecule is COC(=O)[C@H](CCSC)NC(=O)[C@H](Cc1ccccc1)NC(=O)[C@@H](C)NC(=O)OC(C)(C)C. The summed E-state index contributed by atoms with van der Waals surface area (Å²) in [5.41, 5.74) is 0.111. The van der Waals surface area contributed by atoms with Crippen molar-refractivity contribution in [2.45, 2.75) is 64.3 Å². The van der Waals surface area contributed by atoms with E-state index >= 15 is 0 Å². The number of esters is 1. The average molecular weight is 482 g/mol. The topological polar surface area (TPSA) is 123 Å². The first-order chi connectivity index (χ1) is 15.5. The van der Waals surface area contributed by atoms with E-state index in [2.05, 4.69) is 16.0 Å². The van der Waals surface area contributed by atoms with Gasteiger partial charge in [0.05, 0.1) is 7.11 Å². The minimum atomic E-state index is -0.968. The second-order valence-corrected chi connectivity index (χ2v) is 9.47. The van der Waals surface area contributed by atoms with Crippen molar-refractivity contribution in [3.05, 3.63) is 35.9 Å². The Hall–Kier alpha value is -2.75. The van der Waals surface area contributed by atoms with Gasteiger partial charge in [-0.2, -0.15) is 11.8 Å². The number of rotatable bonds is 11. The lowest BCUT2D eigenvalue weighted by atomic mass is 10.0. The molecule has 33 heavy (non-hydrogen) atoms. The van der Waals surface area contributed by atoms with Crippen LogP contribution in [0.2, 0.25) is 0 Å². The molecule has 3 atom stereocenters. The van der Waals surface area contributed by atoms with Gasteiger partial charge in [-0.05, 0) is 51.7 Å². The number of ether oxygens (including phenoxy) is 2. The molecule has 1 rings (SSSR count). The quantitative estimate of drug-likeness (QED) is 0.413. The summed E-state index contributed by atoms with van der Waals surface area (Å²) in [5, 5.41) is 7.82. The molecule has 1 aromatic carbocycles. The van der Waals surface area contributed by atoms with Gasteiger partial charge in [0.15, 0.2) is 0 Å². The van der Waals surface area contributed by atoms with E-state index in [4.69, 9.17) is 9.47 Å². The van der Waals surface area contributed by atoms with Gasteiger partial charge < -0.3 is 25.4 Å². The molecule has 0 unspecified atom stereocenters. The number of nitrogens with one attached hydrogen (secondary N) is 3. The Kier molecular flexibility index (Phi) is 11.8. The molecular weight excluding hydrogens is 446 g/mol. The van der Waals surface area contributed by atoms with Crippen molar-refractivity contribution in [2.75, 3.05) is 19.1 Å². The van der Waals surface area contributed by atoms with Crippen LogP contribution in [0.1, 0.15) is 39.7 Å². The summed E-state index contributed by atoms with van der Waals surface area (Å²) in [6, 6.07) is 6.43. The molecule has 0 fully saturated rings. The fourth-order valence-corrected chi connectivity index (χ4v) is 3.28. The van der Waals surface area contributed by atoms with E-state index in [9.17, 15) is 19.2 Å². The molecule has 10 heteroatoms. The summed E-state index contributed by atoms with van der Waals surface area (Å²) in [7, 11) is 1.26. The maximum atomic E-state index is 13.1. The van der Waals surface area contributed by atoms with Crippen LogP contribution in [0.25, 0.3) is 0 Å². The maximum Gasteiger partial charge on any atom is 0.408 e. The van der Waals surface area contributed by atoms with Crippen molar-refractivity contribution in [3.63, 3.8) is 0 Å². The van der Waals surface area contributed by atoms with Crippen LogP contribution in [0.3, 0.4) is 0 Å². The molecular formula is C23H35N3O6S. The largest absolute Gasteiger partial charge is 0.467 e. The molecule has 0 aromatic heterocycles. The highest BCUT2D eigenvalue weighted by atomic mass is 32.2. The lowest BCUT2D eigenvalue weighted by Crippen LogP contribution is -2.56. The molecule has 3 amide bonds. The molecule has 3 N–H and O–H groups in total. The third-order valence-electron chi connectivity index (χ3n) is 4.45. The Labute approximate surface area is 199 Å².